The van der Waals surface area contributed by atoms with E-state index >= 15 is 0 Å². The summed E-state index contributed by atoms with van der Waals surface area (Å²) >= 11 is 1.87. The van der Waals surface area contributed by atoms with Crippen LogP contribution >= 0.6 is 35.3 Å². The van der Waals surface area contributed by atoms with E-state index in [2.05, 4.69) is 45.1 Å². The molecule has 166 valence electrons. The van der Waals surface area contributed by atoms with E-state index in [0.717, 1.165) is 43.9 Å². The fourth-order valence-electron chi connectivity index (χ4n) is 4.75. The van der Waals surface area contributed by atoms with E-state index in [9.17, 15) is 4.21 Å². The predicted octanol–water partition coefficient (Wildman–Crippen LogP) is 3.99. The summed E-state index contributed by atoms with van der Waals surface area (Å²) in [6, 6.07) is 5.30. The van der Waals surface area contributed by atoms with E-state index < -0.39 is 10.8 Å². The molecule has 0 amide bonds. The second-order valence-electron chi connectivity index (χ2n) is 8.10. The summed E-state index contributed by atoms with van der Waals surface area (Å²) in [6.45, 7) is 4.13. The largest absolute Gasteiger partial charge is 0.356 e. The topological polar surface area (TPSA) is 56.7 Å². The summed E-state index contributed by atoms with van der Waals surface area (Å²) in [5.74, 6) is 2.25. The highest BCUT2D eigenvalue weighted by Crippen LogP contribution is 2.36. The zero-order valence-corrected chi connectivity index (χ0v) is 21.9. The quantitative estimate of drug-likeness (QED) is 0.319. The van der Waals surface area contributed by atoms with Crippen molar-refractivity contribution < 1.29 is 4.21 Å². The molecule has 3 rings (SSSR count). The van der Waals surface area contributed by atoms with Crippen LogP contribution in [0.25, 0.3) is 0 Å². The van der Waals surface area contributed by atoms with Crippen LogP contribution in [0.2, 0.25) is 0 Å². The molecule has 1 saturated heterocycles. The summed E-state index contributed by atoms with van der Waals surface area (Å²) in [4.78, 5) is 8.44. The molecule has 0 spiro atoms. The molecule has 0 radical (unpaired) electrons. The zero-order valence-electron chi connectivity index (χ0n) is 17.9. The second-order valence-corrected chi connectivity index (χ2v) is 11.1. The number of hydrogen-bond acceptors (Lipinski definition) is 4. The van der Waals surface area contributed by atoms with Gasteiger partial charge >= 0.3 is 0 Å². The number of piperidine rings is 1. The summed E-state index contributed by atoms with van der Waals surface area (Å²) < 4.78 is 12.2. The van der Waals surface area contributed by atoms with Crippen LogP contribution < -0.4 is 10.6 Å². The van der Waals surface area contributed by atoms with Crippen LogP contribution in [0, 0.1) is 5.92 Å². The first-order valence-corrected chi connectivity index (χ1v) is 13.0. The SMILES string of the molecule is CCS(=O)C1CCCC(NC(=NC)NCC2CCCN(C)C2c2cccs2)C1.I. The highest BCUT2D eigenvalue weighted by molar-refractivity contribution is 14.0. The molecule has 1 aliphatic heterocycles. The standard InChI is InChI=1S/C21H36N4OS2.HI/c1-4-28(26)18-10-5-9-17(14-18)24-21(22-2)23-15-16-8-6-12-25(3)20(16)19-11-7-13-27-19;/h7,11,13,16-18,20H,4-6,8-10,12,14-15H2,1-3H3,(H2,22,23,24);1H. The van der Waals surface area contributed by atoms with Gasteiger partial charge in [0.25, 0.3) is 0 Å². The van der Waals surface area contributed by atoms with E-state index in [-0.39, 0.29) is 24.0 Å². The molecule has 5 nitrogen and oxygen atoms in total. The Bertz CT molecular complexity index is 655. The van der Waals surface area contributed by atoms with Gasteiger partial charge in [-0.05, 0) is 63.1 Å². The average molecular weight is 553 g/mol. The van der Waals surface area contributed by atoms with Gasteiger partial charge in [-0.2, -0.15) is 0 Å². The van der Waals surface area contributed by atoms with Crippen molar-refractivity contribution in [3.8, 4) is 0 Å². The minimum Gasteiger partial charge on any atom is -0.356 e. The number of nitrogens with zero attached hydrogens (tertiary/aromatic N) is 2. The van der Waals surface area contributed by atoms with Crippen LogP contribution in [0.15, 0.2) is 22.5 Å². The normalized spacial score (nSPS) is 29.7. The molecule has 1 aliphatic carbocycles. The maximum Gasteiger partial charge on any atom is 0.191 e. The maximum atomic E-state index is 12.2. The second kappa shape index (κ2) is 12.6. The number of halogens is 1. The minimum absolute atomic E-state index is 0. The number of guanidine groups is 1. The number of hydrogen-bond donors (Lipinski definition) is 2. The average Bonchev–Trinajstić information content (AvgIpc) is 3.25. The van der Waals surface area contributed by atoms with Crippen LogP contribution in [0.1, 0.15) is 56.4 Å². The van der Waals surface area contributed by atoms with Crippen LogP contribution in [-0.4, -0.2) is 59.3 Å². The molecule has 1 saturated carbocycles. The summed E-state index contributed by atoms with van der Waals surface area (Å²) in [5, 5.41) is 9.73. The molecule has 0 aromatic carbocycles. The van der Waals surface area contributed by atoms with Crippen LogP contribution in [0.5, 0.6) is 0 Å². The molecule has 2 aliphatic rings. The Hall–Kier alpha value is -0.190. The van der Waals surface area contributed by atoms with Gasteiger partial charge in [-0.15, -0.1) is 35.3 Å². The van der Waals surface area contributed by atoms with Gasteiger partial charge in [0.15, 0.2) is 5.96 Å². The molecule has 8 heteroatoms. The molecule has 5 atom stereocenters. The molecule has 0 bridgehead atoms. The number of likely N-dealkylation sites (tertiary alicyclic amines) is 1. The molecular weight excluding hydrogens is 515 g/mol. The highest BCUT2D eigenvalue weighted by Gasteiger charge is 2.31. The van der Waals surface area contributed by atoms with Crippen molar-refractivity contribution in [1.82, 2.24) is 15.5 Å². The molecule has 29 heavy (non-hydrogen) atoms. The van der Waals surface area contributed by atoms with Crippen molar-refractivity contribution in [2.24, 2.45) is 10.9 Å². The van der Waals surface area contributed by atoms with Gasteiger partial charge in [-0.1, -0.05) is 19.4 Å². The fraction of sp³-hybridized carbons (Fsp3) is 0.762. The summed E-state index contributed by atoms with van der Waals surface area (Å²) in [7, 11) is 3.41. The van der Waals surface area contributed by atoms with Crippen molar-refractivity contribution in [2.75, 3.05) is 32.9 Å². The van der Waals surface area contributed by atoms with Crippen LogP contribution in [0.3, 0.4) is 0 Å². The number of rotatable bonds is 6. The molecule has 1 aromatic heterocycles. The lowest BCUT2D eigenvalue weighted by Crippen LogP contribution is -2.49. The highest BCUT2D eigenvalue weighted by atomic mass is 127. The van der Waals surface area contributed by atoms with Crippen molar-refractivity contribution in [2.45, 2.75) is 62.8 Å². The lowest BCUT2D eigenvalue weighted by molar-refractivity contribution is 0.125. The Kier molecular flexibility index (Phi) is 10.9. The Morgan fingerprint density at radius 3 is 2.86 bits per heavy atom. The Labute approximate surface area is 200 Å². The van der Waals surface area contributed by atoms with Gasteiger partial charge in [0.05, 0.1) is 0 Å². The van der Waals surface area contributed by atoms with E-state index in [1.54, 1.807) is 0 Å². The summed E-state index contributed by atoms with van der Waals surface area (Å²) in [6.07, 6.45) is 6.88. The number of nitrogens with one attached hydrogen (secondary N) is 2. The van der Waals surface area contributed by atoms with Crippen molar-refractivity contribution in [3.05, 3.63) is 22.4 Å². The molecular formula is C21H37IN4OS2. The van der Waals surface area contributed by atoms with E-state index in [1.807, 2.05) is 25.3 Å². The van der Waals surface area contributed by atoms with Gasteiger partial charge < -0.3 is 10.6 Å². The van der Waals surface area contributed by atoms with E-state index in [1.165, 1.54) is 24.3 Å². The van der Waals surface area contributed by atoms with Gasteiger partial charge in [0.1, 0.15) is 0 Å². The lowest BCUT2D eigenvalue weighted by atomic mass is 9.88. The first-order chi connectivity index (χ1) is 13.6. The molecule has 2 fully saturated rings. The molecule has 5 unspecified atom stereocenters. The van der Waals surface area contributed by atoms with E-state index in [0.29, 0.717) is 23.3 Å². The monoisotopic (exact) mass is 552 g/mol. The third-order valence-corrected chi connectivity index (χ3v) is 8.90. The third kappa shape index (κ3) is 6.90. The molecule has 2 heterocycles. The van der Waals surface area contributed by atoms with Crippen molar-refractivity contribution in [3.63, 3.8) is 0 Å². The Balaban J connectivity index is 0.00000300. The van der Waals surface area contributed by atoms with Crippen molar-refractivity contribution in [1.29, 1.82) is 0 Å². The van der Waals surface area contributed by atoms with Crippen molar-refractivity contribution >= 4 is 52.1 Å². The predicted molar refractivity (Wildman–Crippen MR) is 137 cm³/mol. The van der Waals surface area contributed by atoms with Gasteiger partial charge in [0.2, 0.25) is 0 Å². The first-order valence-electron chi connectivity index (χ1n) is 10.7. The fourth-order valence-corrected chi connectivity index (χ4v) is 7.08. The molecule has 2 N–H and O–H groups in total. The summed E-state index contributed by atoms with van der Waals surface area (Å²) in [5.41, 5.74) is 0. The maximum absolute atomic E-state index is 12.2. The zero-order chi connectivity index (χ0) is 19.9. The van der Waals surface area contributed by atoms with Gasteiger partial charge in [-0.3, -0.25) is 14.1 Å². The first kappa shape index (κ1) is 25.1. The number of aliphatic imine (C=N–C) groups is 1. The third-order valence-electron chi connectivity index (χ3n) is 6.22. The van der Waals surface area contributed by atoms with Gasteiger partial charge in [-0.25, -0.2) is 0 Å². The van der Waals surface area contributed by atoms with Crippen LogP contribution in [0.4, 0.5) is 0 Å². The minimum atomic E-state index is -0.689. The van der Waals surface area contributed by atoms with E-state index in [4.69, 9.17) is 0 Å². The van der Waals surface area contributed by atoms with Crippen LogP contribution in [-0.2, 0) is 10.8 Å². The van der Waals surface area contributed by atoms with Gasteiger partial charge in [0, 0.05) is 52.4 Å². The number of thiophene rings is 1. The Morgan fingerprint density at radius 1 is 1.34 bits per heavy atom. The lowest BCUT2D eigenvalue weighted by Gasteiger charge is -2.39. The molecule has 1 aromatic rings. The Morgan fingerprint density at radius 2 is 2.17 bits per heavy atom. The smallest absolute Gasteiger partial charge is 0.191 e.